The van der Waals surface area contributed by atoms with Gasteiger partial charge in [-0.15, -0.1) is 11.3 Å². The largest absolute Gasteiger partial charge is 0.310 e. The minimum Gasteiger partial charge on any atom is -0.310 e. The number of hydrogen-bond donors (Lipinski definition) is 1. The maximum Gasteiger partial charge on any atom is 0.0384 e. The molecule has 0 aromatic carbocycles. The van der Waals surface area contributed by atoms with Crippen molar-refractivity contribution in [2.45, 2.75) is 32.7 Å². The van der Waals surface area contributed by atoms with Gasteiger partial charge in [-0.3, -0.25) is 4.98 Å². The summed E-state index contributed by atoms with van der Waals surface area (Å²) in [5, 5.41) is 5.75. The van der Waals surface area contributed by atoms with Gasteiger partial charge in [0.25, 0.3) is 0 Å². The monoisotopic (exact) mass is 338 g/mol. The van der Waals surface area contributed by atoms with E-state index in [1.54, 1.807) is 11.3 Å². The Labute approximate surface area is 127 Å². The Morgan fingerprint density at radius 1 is 1.42 bits per heavy atom. The fourth-order valence-corrected chi connectivity index (χ4v) is 3.47. The van der Waals surface area contributed by atoms with Crippen LogP contribution in [0.3, 0.4) is 0 Å². The number of nitrogens with zero attached hydrogens (tertiary/aromatic N) is 1. The van der Waals surface area contributed by atoms with Crippen LogP contribution in [0.4, 0.5) is 0 Å². The summed E-state index contributed by atoms with van der Waals surface area (Å²) in [4.78, 5) is 5.80. The number of rotatable bonds is 6. The first-order valence-electron chi connectivity index (χ1n) is 6.58. The van der Waals surface area contributed by atoms with Crippen LogP contribution >= 0.6 is 27.3 Å². The van der Waals surface area contributed by atoms with Gasteiger partial charge in [0.1, 0.15) is 0 Å². The Kier molecular flexibility index (Phi) is 5.55. The van der Waals surface area contributed by atoms with Gasteiger partial charge < -0.3 is 5.32 Å². The van der Waals surface area contributed by atoms with Crippen molar-refractivity contribution in [2.24, 2.45) is 0 Å². The third-order valence-corrected chi connectivity index (χ3v) is 4.72. The van der Waals surface area contributed by atoms with E-state index in [2.05, 4.69) is 56.7 Å². The first-order chi connectivity index (χ1) is 9.19. The van der Waals surface area contributed by atoms with Gasteiger partial charge in [-0.05, 0) is 53.5 Å². The third kappa shape index (κ3) is 4.41. The summed E-state index contributed by atoms with van der Waals surface area (Å²) in [6.45, 7) is 5.25. The molecule has 0 saturated carbocycles. The lowest BCUT2D eigenvalue weighted by atomic mass is 10.0. The van der Waals surface area contributed by atoms with E-state index in [1.165, 1.54) is 14.9 Å². The molecule has 102 valence electrons. The molecule has 2 heterocycles. The number of halogens is 1. The lowest BCUT2D eigenvalue weighted by molar-refractivity contribution is 0.530. The van der Waals surface area contributed by atoms with Crippen LogP contribution in [0.15, 0.2) is 34.2 Å². The molecular formula is C15H19BrN2S. The van der Waals surface area contributed by atoms with Crippen molar-refractivity contribution in [1.29, 1.82) is 0 Å². The van der Waals surface area contributed by atoms with Gasteiger partial charge in [-0.1, -0.05) is 13.0 Å². The van der Waals surface area contributed by atoms with Gasteiger partial charge in [0.05, 0.1) is 0 Å². The molecule has 0 aliphatic rings. The molecule has 0 saturated heterocycles. The van der Waals surface area contributed by atoms with Crippen molar-refractivity contribution >= 4 is 27.3 Å². The molecule has 2 aromatic heterocycles. The maximum absolute atomic E-state index is 4.41. The van der Waals surface area contributed by atoms with Crippen molar-refractivity contribution in [3.8, 4) is 0 Å². The predicted molar refractivity (Wildman–Crippen MR) is 85.7 cm³/mol. The molecule has 1 atom stereocenters. The first-order valence-corrected chi connectivity index (χ1v) is 8.25. The van der Waals surface area contributed by atoms with Crippen LogP contribution in [0.1, 0.15) is 35.5 Å². The van der Waals surface area contributed by atoms with Gasteiger partial charge in [-0.2, -0.15) is 0 Å². The molecule has 0 radical (unpaired) electrons. The van der Waals surface area contributed by atoms with Crippen LogP contribution in [0.2, 0.25) is 0 Å². The number of nitrogens with one attached hydrogen (secondary N) is 1. The number of aryl methyl sites for hydroxylation is 1. The molecule has 0 spiro atoms. The molecule has 1 N–H and O–H groups in total. The number of hydrogen-bond acceptors (Lipinski definition) is 3. The highest BCUT2D eigenvalue weighted by Gasteiger charge is 2.13. The van der Waals surface area contributed by atoms with E-state index in [0.717, 1.165) is 25.1 Å². The summed E-state index contributed by atoms with van der Waals surface area (Å²) in [5.74, 6) is 0. The summed E-state index contributed by atoms with van der Waals surface area (Å²) >= 11 is 5.32. The Balaban J connectivity index is 2.13. The van der Waals surface area contributed by atoms with Gasteiger partial charge in [0.15, 0.2) is 0 Å². The highest BCUT2D eigenvalue weighted by atomic mass is 79.9. The number of aromatic nitrogens is 1. The zero-order chi connectivity index (χ0) is 13.7. The van der Waals surface area contributed by atoms with Crippen LogP contribution in [0, 0.1) is 6.92 Å². The van der Waals surface area contributed by atoms with Crippen LogP contribution < -0.4 is 5.32 Å². The maximum atomic E-state index is 4.41. The Bertz CT molecular complexity index is 507. The van der Waals surface area contributed by atoms with Gasteiger partial charge in [0, 0.05) is 39.1 Å². The van der Waals surface area contributed by atoms with Gasteiger partial charge >= 0.3 is 0 Å². The first kappa shape index (κ1) is 14.7. The van der Waals surface area contributed by atoms with Crippen molar-refractivity contribution in [1.82, 2.24) is 10.3 Å². The minimum atomic E-state index is 0.346. The van der Waals surface area contributed by atoms with E-state index in [0.29, 0.717) is 6.04 Å². The van der Waals surface area contributed by atoms with E-state index in [1.807, 2.05) is 13.1 Å². The molecule has 1 unspecified atom stereocenters. The average Bonchev–Trinajstić information content (AvgIpc) is 2.81. The quantitative estimate of drug-likeness (QED) is 0.838. The summed E-state index contributed by atoms with van der Waals surface area (Å²) in [5.41, 5.74) is 2.33. The summed E-state index contributed by atoms with van der Waals surface area (Å²) in [7, 11) is 0. The third-order valence-electron chi connectivity index (χ3n) is 3.00. The Hall–Kier alpha value is -0.710. The molecule has 0 aliphatic heterocycles. The molecule has 19 heavy (non-hydrogen) atoms. The normalized spacial score (nSPS) is 12.6. The van der Waals surface area contributed by atoms with Crippen molar-refractivity contribution < 1.29 is 0 Å². The molecular weight excluding hydrogens is 320 g/mol. The smallest absolute Gasteiger partial charge is 0.0384 e. The molecule has 4 heteroatoms. The Morgan fingerprint density at radius 3 is 2.84 bits per heavy atom. The van der Waals surface area contributed by atoms with E-state index in [4.69, 9.17) is 0 Å². The van der Waals surface area contributed by atoms with Crippen LogP contribution in [-0.4, -0.2) is 11.5 Å². The van der Waals surface area contributed by atoms with Crippen molar-refractivity contribution in [3.05, 3.63) is 50.4 Å². The van der Waals surface area contributed by atoms with Crippen LogP contribution in [0.25, 0.3) is 0 Å². The van der Waals surface area contributed by atoms with Crippen molar-refractivity contribution in [3.63, 3.8) is 0 Å². The lowest BCUT2D eigenvalue weighted by Crippen LogP contribution is -2.24. The van der Waals surface area contributed by atoms with Crippen LogP contribution in [-0.2, 0) is 6.42 Å². The second-order valence-electron chi connectivity index (χ2n) is 4.67. The average molecular weight is 339 g/mol. The van der Waals surface area contributed by atoms with E-state index >= 15 is 0 Å². The summed E-state index contributed by atoms with van der Waals surface area (Å²) in [6.07, 6.45) is 4.15. The Morgan fingerprint density at radius 2 is 2.26 bits per heavy atom. The predicted octanol–water partition coefficient (Wildman–Crippen LogP) is 4.50. The van der Waals surface area contributed by atoms with Crippen LogP contribution in [0.5, 0.6) is 0 Å². The second kappa shape index (κ2) is 7.17. The molecule has 2 aromatic rings. The zero-order valence-electron chi connectivity index (χ0n) is 11.3. The highest BCUT2D eigenvalue weighted by molar-refractivity contribution is 9.10. The second-order valence-corrected chi connectivity index (χ2v) is 6.59. The summed E-state index contributed by atoms with van der Waals surface area (Å²) < 4.78 is 1.17. The highest BCUT2D eigenvalue weighted by Crippen LogP contribution is 2.25. The molecule has 0 aliphatic carbocycles. The molecule has 0 fully saturated rings. The minimum absolute atomic E-state index is 0.346. The van der Waals surface area contributed by atoms with Gasteiger partial charge in [0.2, 0.25) is 0 Å². The lowest BCUT2D eigenvalue weighted by Gasteiger charge is -2.18. The topological polar surface area (TPSA) is 24.9 Å². The molecule has 0 bridgehead atoms. The summed E-state index contributed by atoms with van der Waals surface area (Å²) in [6, 6.07) is 6.81. The van der Waals surface area contributed by atoms with E-state index < -0.39 is 0 Å². The number of pyridine rings is 1. The molecule has 0 amide bonds. The van der Waals surface area contributed by atoms with E-state index in [9.17, 15) is 0 Å². The molecule has 2 nitrogen and oxygen atoms in total. The fourth-order valence-electron chi connectivity index (χ4n) is 1.97. The van der Waals surface area contributed by atoms with E-state index in [-0.39, 0.29) is 0 Å². The molecule has 2 rings (SSSR count). The standard InChI is InChI=1S/C15H19BrN2S/c1-3-6-17-15(8-14-7-13(16)10-19-14)12-5-4-11(2)18-9-12/h4-5,7,9-10,15,17H,3,6,8H2,1-2H3. The zero-order valence-corrected chi connectivity index (χ0v) is 13.7. The van der Waals surface area contributed by atoms with Crippen molar-refractivity contribution in [2.75, 3.05) is 6.54 Å². The number of thiophene rings is 1. The fraction of sp³-hybridized carbons (Fsp3) is 0.400. The SMILES string of the molecule is CCCNC(Cc1cc(Br)cs1)c1ccc(C)nc1. The van der Waals surface area contributed by atoms with Gasteiger partial charge in [-0.25, -0.2) is 0 Å².